The molecule has 0 aromatic heterocycles. The summed E-state index contributed by atoms with van der Waals surface area (Å²) in [5, 5.41) is 2.59. The molecule has 0 atom stereocenters. The van der Waals surface area contributed by atoms with Crippen molar-refractivity contribution in [3.63, 3.8) is 0 Å². The molecule has 0 unspecified atom stereocenters. The SMILES string of the molecule is O=C(Nc1cccc(F)c1)c1cccc(S(=O)(=O)N2CCCc3ccccc32)c1. The maximum Gasteiger partial charge on any atom is 0.264 e. The molecule has 1 N–H and O–H groups in total. The van der Waals surface area contributed by atoms with Gasteiger partial charge in [0.25, 0.3) is 15.9 Å². The van der Waals surface area contributed by atoms with E-state index < -0.39 is 21.7 Å². The van der Waals surface area contributed by atoms with Gasteiger partial charge >= 0.3 is 0 Å². The number of para-hydroxylation sites is 1. The van der Waals surface area contributed by atoms with Gasteiger partial charge in [-0.2, -0.15) is 0 Å². The molecule has 1 aliphatic heterocycles. The maximum atomic E-state index is 13.3. The molecule has 4 rings (SSSR count). The first-order valence-electron chi connectivity index (χ1n) is 9.23. The van der Waals surface area contributed by atoms with Gasteiger partial charge in [-0.25, -0.2) is 12.8 Å². The minimum Gasteiger partial charge on any atom is -0.322 e. The molecule has 148 valence electrons. The Labute approximate surface area is 168 Å². The predicted molar refractivity (Wildman–Crippen MR) is 110 cm³/mol. The fourth-order valence-electron chi connectivity index (χ4n) is 3.44. The summed E-state index contributed by atoms with van der Waals surface area (Å²) in [5.41, 5.74) is 2.14. The molecule has 0 spiro atoms. The predicted octanol–water partition coefficient (Wildman–Crippen LogP) is 4.22. The van der Waals surface area contributed by atoms with Crippen LogP contribution in [-0.4, -0.2) is 20.9 Å². The van der Waals surface area contributed by atoms with Gasteiger partial charge < -0.3 is 5.32 Å². The molecule has 1 amide bonds. The zero-order chi connectivity index (χ0) is 20.4. The van der Waals surface area contributed by atoms with Crippen LogP contribution >= 0.6 is 0 Å². The van der Waals surface area contributed by atoms with Crippen molar-refractivity contribution in [2.45, 2.75) is 17.7 Å². The highest BCUT2D eigenvalue weighted by Gasteiger charge is 2.29. The van der Waals surface area contributed by atoms with E-state index in [2.05, 4.69) is 5.32 Å². The van der Waals surface area contributed by atoms with Crippen LogP contribution in [-0.2, 0) is 16.4 Å². The Morgan fingerprint density at radius 2 is 1.76 bits per heavy atom. The number of rotatable bonds is 4. The number of carbonyl (C=O) groups excluding carboxylic acids is 1. The number of nitrogens with zero attached hydrogens (tertiary/aromatic N) is 1. The molecule has 7 heteroatoms. The third kappa shape index (κ3) is 3.86. The number of hydrogen-bond donors (Lipinski definition) is 1. The van der Waals surface area contributed by atoms with E-state index in [1.807, 2.05) is 18.2 Å². The second kappa shape index (κ2) is 7.67. The first-order chi connectivity index (χ1) is 13.9. The second-order valence-electron chi connectivity index (χ2n) is 6.80. The van der Waals surface area contributed by atoms with Gasteiger partial charge in [0, 0.05) is 17.8 Å². The molecule has 29 heavy (non-hydrogen) atoms. The summed E-state index contributed by atoms with van der Waals surface area (Å²) in [6, 6.07) is 18.8. The summed E-state index contributed by atoms with van der Waals surface area (Å²) >= 11 is 0. The van der Waals surface area contributed by atoms with Gasteiger partial charge in [-0.1, -0.05) is 30.3 Å². The highest BCUT2D eigenvalue weighted by molar-refractivity contribution is 7.92. The van der Waals surface area contributed by atoms with Crippen LogP contribution in [0.25, 0.3) is 0 Å². The monoisotopic (exact) mass is 410 g/mol. The molecule has 5 nitrogen and oxygen atoms in total. The Hall–Kier alpha value is -3.19. The quantitative estimate of drug-likeness (QED) is 0.700. The topological polar surface area (TPSA) is 66.5 Å². The number of benzene rings is 3. The van der Waals surface area contributed by atoms with Crippen molar-refractivity contribution in [2.75, 3.05) is 16.2 Å². The van der Waals surface area contributed by atoms with Gasteiger partial charge in [-0.05, 0) is 60.9 Å². The maximum absolute atomic E-state index is 13.3. The Bertz CT molecular complexity index is 1180. The Morgan fingerprint density at radius 3 is 2.59 bits per heavy atom. The Balaban J connectivity index is 1.64. The van der Waals surface area contributed by atoms with E-state index in [4.69, 9.17) is 0 Å². The van der Waals surface area contributed by atoms with Crippen LogP contribution in [0.3, 0.4) is 0 Å². The third-order valence-electron chi connectivity index (χ3n) is 4.83. The van der Waals surface area contributed by atoms with Crippen molar-refractivity contribution in [3.8, 4) is 0 Å². The van der Waals surface area contributed by atoms with Gasteiger partial charge in [-0.3, -0.25) is 9.10 Å². The average Bonchev–Trinajstić information content (AvgIpc) is 2.73. The van der Waals surface area contributed by atoms with Gasteiger partial charge in [0.05, 0.1) is 10.6 Å². The number of anilines is 2. The molecule has 3 aromatic rings. The molecule has 1 aliphatic rings. The Morgan fingerprint density at radius 1 is 0.966 bits per heavy atom. The molecule has 0 saturated carbocycles. The summed E-state index contributed by atoms with van der Waals surface area (Å²) in [4.78, 5) is 12.6. The number of aryl methyl sites for hydroxylation is 1. The smallest absolute Gasteiger partial charge is 0.264 e. The lowest BCUT2D eigenvalue weighted by Gasteiger charge is -2.30. The van der Waals surface area contributed by atoms with Crippen LogP contribution in [0.5, 0.6) is 0 Å². The molecule has 3 aromatic carbocycles. The second-order valence-corrected chi connectivity index (χ2v) is 8.66. The number of fused-ring (bicyclic) bond motifs is 1. The minimum absolute atomic E-state index is 0.0427. The van der Waals surface area contributed by atoms with Crippen LogP contribution in [0.4, 0.5) is 15.8 Å². The van der Waals surface area contributed by atoms with E-state index in [1.165, 1.54) is 46.8 Å². The number of hydrogen-bond acceptors (Lipinski definition) is 3. The molecule has 0 aliphatic carbocycles. The van der Waals surface area contributed by atoms with Crippen molar-refractivity contribution in [2.24, 2.45) is 0 Å². The van der Waals surface area contributed by atoms with Crippen molar-refractivity contribution in [1.82, 2.24) is 0 Å². The third-order valence-corrected chi connectivity index (χ3v) is 6.64. The molecule has 0 bridgehead atoms. The normalized spacial score (nSPS) is 13.6. The fourth-order valence-corrected chi connectivity index (χ4v) is 5.03. The van der Waals surface area contributed by atoms with E-state index in [0.717, 1.165) is 18.4 Å². The summed E-state index contributed by atoms with van der Waals surface area (Å²) in [6.45, 7) is 0.388. The van der Waals surface area contributed by atoms with Crippen molar-refractivity contribution < 1.29 is 17.6 Å². The zero-order valence-electron chi connectivity index (χ0n) is 15.5. The lowest BCUT2D eigenvalue weighted by Crippen LogP contribution is -2.35. The minimum atomic E-state index is -3.82. The number of carbonyl (C=O) groups is 1. The van der Waals surface area contributed by atoms with E-state index in [1.54, 1.807) is 12.1 Å². The van der Waals surface area contributed by atoms with Gasteiger partial charge in [0.15, 0.2) is 0 Å². The number of amides is 1. The number of halogens is 1. The van der Waals surface area contributed by atoms with Crippen molar-refractivity contribution in [3.05, 3.63) is 89.7 Å². The first-order valence-corrected chi connectivity index (χ1v) is 10.7. The average molecular weight is 410 g/mol. The molecular formula is C22H19FN2O3S. The van der Waals surface area contributed by atoms with Crippen LogP contribution < -0.4 is 9.62 Å². The first kappa shape index (κ1) is 19.1. The lowest BCUT2D eigenvalue weighted by molar-refractivity contribution is 0.102. The van der Waals surface area contributed by atoms with Gasteiger partial charge in [0.2, 0.25) is 0 Å². The van der Waals surface area contributed by atoms with Gasteiger partial charge in [-0.15, -0.1) is 0 Å². The summed E-state index contributed by atoms with van der Waals surface area (Å²) in [6.07, 6.45) is 1.56. The van der Waals surface area contributed by atoms with Crippen LogP contribution in [0.2, 0.25) is 0 Å². The fraction of sp³-hybridized carbons (Fsp3) is 0.136. The zero-order valence-corrected chi connectivity index (χ0v) is 16.3. The van der Waals surface area contributed by atoms with E-state index >= 15 is 0 Å². The highest BCUT2D eigenvalue weighted by Crippen LogP contribution is 2.32. The van der Waals surface area contributed by atoms with Crippen molar-refractivity contribution in [1.29, 1.82) is 0 Å². The standard InChI is InChI=1S/C22H19FN2O3S/c23-18-9-4-10-19(15-18)24-22(26)17-7-3-11-20(14-17)29(27,28)25-13-5-8-16-6-1-2-12-21(16)25/h1-4,6-7,9-12,14-15H,5,8,13H2,(H,24,26). The van der Waals surface area contributed by atoms with Crippen LogP contribution in [0.1, 0.15) is 22.3 Å². The highest BCUT2D eigenvalue weighted by atomic mass is 32.2. The summed E-state index contributed by atoms with van der Waals surface area (Å²) in [5.74, 6) is -0.977. The Kier molecular flexibility index (Phi) is 5.07. The number of nitrogens with one attached hydrogen (secondary N) is 1. The van der Waals surface area contributed by atoms with Gasteiger partial charge in [0.1, 0.15) is 5.82 Å². The molecule has 0 radical (unpaired) electrons. The molecule has 0 saturated heterocycles. The lowest BCUT2D eigenvalue weighted by atomic mass is 10.0. The van der Waals surface area contributed by atoms with E-state index in [9.17, 15) is 17.6 Å². The van der Waals surface area contributed by atoms with E-state index in [0.29, 0.717) is 17.9 Å². The summed E-state index contributed by atoms with van der Waals surface area (Å²) in [7, 11) is -3.82. The molecule has 1 heterocycles. The summed E-state index contributed by atoms with van der Waals surface area (Å²) < 4.78 is 41.3. The molecule has 0 fully saturated rings. The molecular weight excluding hydrogens is 391 g/mol. The van der Waals surface area contributed by atoms with Crippen molar-refractivity contribution >= 4 is 27.3 Å². The van der Waals surface area contributed by atoms with E-state index in [-0.39, 0.29) is 10.5 Å². The largest absolute Gasteiger partial charge is 0.322 e. The number of sulfonamides is 1. The van der Waals surface area contributed by atoms with Crippen LogP contribution in [0, 0.1) is 5.82 Å². The van der Waals surface area contributed by atoms with Crippen LogP contribution in [0.15, 0.2) is 77.7 Å².